The van der Waals surface area contributed by atoms with Gasteiger partial charge in [-0.15, -0.1) is 0 Å². The summed E-state index contributed by atoms with van der Waals surface area (Å²) >= 11 is 0. The van der Waals surface area contributed by atoms with Gasteiger partial charge in [-0.05, 0) is 18.6 Å². The first-order valence-corrected chi connectivity index (χ1v) is 11.1. The number of amides is 1. The van der Waals surface area contributed by atoms with Gasteiger partial charge >= 0.3 is 0 Å². The molecule has 25 heavy (non-hydrogen) atoms. The van der Waals surface area contributed by atoms with Crippen molar-refractivity contribution < 1.29 is 30.4 Å². The second-order valence-corrected chi connectivity index (χ2v) is 10.0. The number of hydrogen-bond acceptors (Lipinski definition) is 5. The minimum absolute atomic E-state index is 0.101. The first-order valence-electron chi connectivity index (χ1n) is 7.40. The van der Waals surface area contributed by atoms with Gasteiger partial charge in [-0.1, -0.05) is 0 Å². The summed E-state index contributed by atoms with van der Waals surface area (Å²) in [5.74, 6) is -2.79. The second-order valence-electron chi connectivity index (χ2n) is 5.85. The van der Waals surface area contributed by atoms with Crippen molar-refractivity contribution in [3.8, 4) is 0 Å². The van der Waals surface area contributed by atoms with Crippen LogP contribution < -0.4 is 5.32 Å². The number of rotatable bonds is 6. The summed E-state index contributed by atoms with van der Waals surface area (Å²) in [5.41, 5.74) is -0.222. The number of nitrogens with one attached hydrogen (secondary N) is 1. The molecule has 1 unspecified atom stereocenters. The predicted molar refractivity (Wildman–Crippen MR) is 88.2 cm³/mol. The maximum atomic E-state index is 13.5. The van der Waals surface area contributed by atoms with Gasteiger partial charge in [-0.25, -0.2) is 25.6 Å². The van der Waals surface area contributed by atoms with Crippen molar-refractivity contribution in [3.63, 3.8) is 0 Å². The van der Waals surface area contributed by atoms with Gasteiger partial charge in [0, 0.05) is 25.1 Å². The van der Waals surface area contributed by atoms with Gasteiger partial charge in [0.15, 0.2) is 9.84 Å². The SMILES string of the molecule is CS(=O)(=O)N(CCC(=O)Nc1ccc(F)cc1F)C1CCS(=O)(=O)C1. The van der Waals surface area contributed by atoms with Crippen LogP contribution in [-0.4, -0.2) is 57.4 Å². The molecule has 1 N–H and O–H groups in total. The molecular formula is C14H18F2N2O5S2. The van der Waals surface area contributed by atoms with Crippen molar-refractivity contribution >= 4 is 31.5 Å². The largest absolute Gasteiger partial charge is 0.324 e. The van der Waals surface area contributed by atoms with Gasteiger partial charge in [0.1, 0.15) is 11.6 Å². The van der Waals surface area contributed by atoms with Crippen LogP contribution in [0.2, 0.25) is 0 Å². The number of sulfone groups is 1. The Morgan fingerprint density at radius 2 is 2.04 bits per heavy atom. The Hall–Kier alpha value is -1.59. The van der Waals surface area contributed by atoms with Crippen molar-refractivity contribution in [2.45, 2.75) is 18.9 Å². The standard InChI is InChI=1S/C14H18F2N2O5S2/c1-24(20,21)18(11-5-7-25(22,23)9-11)6-4-14(19)17-13-3-2-10(15)8-12(13)16/h2-3,8,11H,4-7,9H2,1H3,(H,17,19). The average Bonchev–Trinajstić information content (AvgIpc) is 2.80. The zero-order valence-electron chi connectivity index (χ0n) is 13.4. The van der Waals surface area contributed by atoms with Gasteiger partial charge in [0.05, 0.1) is 23.4 Å². The first-order chi connectivity index (χ1) is 11.5. The van der Waals surface area contributed by atoms with E-state index < -0.39 is 43.4 Å². The van der Waals surface area contributed by atoms with Crippen LogP contribution in [0.1, 0.15) is 12.8 Å². The van der Waals surface area contributed by atoms with E-state index in [-0.39, 0.29) is 36.6 Å². The number of halogens is 2. The molecule has 0 aliphatic carbocycles. The Bertz CT molecular complexity index is 871. The fraction of sp³-hybridized carbons (Fsp3) is 0.500. The number of anilines is 1. The van der Waals surface area contributed by atoms with E-state index in [2.05, 4.69) is 5.32 Å². The highest BCUT2D eigenvalue weighted by Crippen LogP contribution is 2.21. The van der Waals surface area contributed by atoms with E-state index in [1.54, 1.807) is 0 Å². The Labute approximate surface area is 145 Å². The van der Waals surface area contributed by atoms with Crippen molar-refractivity contribution in [1.29, 1.82) is 0 Å². The molecule has 0 spiro atoms. The van der Waals surface area contributed by atoms with Gasteiger partial charge in [-0.2, -0.15) is 4.31 Å². The third-order valence-corrected chi connectivity index (χ3v) is 6.89. The fourth-order valence-corrected chi connectivity index (χ4v) is 5.61. The lowest BCUT2D eigenvalue weighted by Gasteiger charge is -2.25. The van der Waals surface area contributed by atoms with Crippen LogP contribution in [0.25, 0.3) is 0 Å². The van der Waals surface area contributed by atoms with E-state index in [0.717, 1.165) is 22.7 Å². The molecular weight excluding hydrogens is 378 g/mol. The number of hydrogen-bond donors (Lipinski definition) is 1. The van der Waals surface area contributed by atoms with Crippen LogP contribution in [0.15, 0.2) is 18.2 Å². The van der Waals surface area contributed by atoms with E-state index in [1.165, 1.54) is 0 Å². The Kier molecular flexibility index (Phi) is 5.79. The molecule has 1 saturated heterocycles. The fourth-order valence-electron chi connectivity index (χ4n) is 2.64. The van der Waals surface area contributed by atoms with E-state index in [9.17, 15) is 30.4 Å². The number of nitrogens with zero attached hydrogens (tertiary/aromatic N) is 1. The number of sulfonamides is 1. The van der Waals surface area contributed by atoms with Crippen LogP contribution >= 0.6 is 0 Å². The van der Waals surface area contributed by atoms with E-state index >= 15 is 0 Å². The lowest BCUT2D eigenvalue weighted by molar-refractivity contribution is -0.116. The molecule has 1 aromatic carbocycles. The maximum absolute atomic E-state index is 13.5. The van der Waals surface area contributed by atoms with Crippen LogP contribution in [0, 0.1) is 11.6 Å². The lowest BCUT2D eigenvalue weighted by Crippen LogP contribution is -2.42. The zero-order chi connectivity index (χ0) is 18.8. The van der Waals surface area contributed by atoms with Crippen LogP contribution in [-0.2, 0) is 24.7 Å². The third kappa shape index (κ3) is 5.44. The summed E-state index contributed by atoms with van der Waals surface area (Å²) in [7, 11) is -7.00. The molecule has 7 nitrogen and oxygen atoms in total. The topological polar surface area (TPSA) is 101 Å². The van der Waals surface area contributed by atoms with Crippen molar-refractivity contribution in [3.05, 3.63) is 29.8 Å². The molecule has 0 saturated carbocycles. The minimum Gasteiger partial charge on any atom is -0.324 e. The number of carbonyl (C=O) groups excluding carboxylic acids is 1. The number of carbonyl (C=O) groups is 1. The molecule has 0 bridgehead atoms. The monoisotopic (exact) mass is 396 g/mol. The average molecular weight is 396 g/mol. The molecule has 1 heterocycles. The van der Waals surface area contributed by atoms with Gasteiger partial charge in [0.2, 0.25) is 15.9 Å². The molecule has 1 amide bonds. The normalized spacial score (nSPS) is 19.9. The van der Waals surface area contributed by atoms with Crippen LogP contribution in [0.3, 0.4) is 0 Å². The van der Waals surface area contributed by atoms with Crippen molar-refractivity contribution in [2.24, 2.45) is 0 Å². The third-order valence-electron chi connectivity index (χ3n) is 3.81. The Morgan fingerprint density at radius 3 is 2.56 bits per heavy atom. The Balaban J connectivity index is 2.02. The van der Waals surface area contributed by atoms with Crippen LogP contribution in [0.5, 0.6) is 0 Å². The summed E-state index contributed by atoms with van der Waals surface area (Å²) in [5, 5.41) is 2.23. The summed E-state index contributed by atoms with van der Waals surface area (Å²) < 4.78 is 74.2. The van der Waals surface area contributed by atoms with Gasteiger partial charge < -0.3 is 5.32 Å². The van der Waals surface area contributed by atoms with E-state index in [4.69, 9.17) is 0 Å². The minimum atomic E-state index is -3.72. The molecule has 1 aromatic rings. The molecule has 1 aliphatic rings. The Morgan fingerprint density at radius 1 is 1.36 bits per heavy atom. The molecule has 1 atom stereocenters. The molecule has 11 heteroatoms. The summed E-state index contributed by atoms with van der Waals surface area (Å²) in [6.45, 7) is -0.229. The second kappa shape index (κ2) is 7.34. The summed E-state index contributed by atoms with van der Waals surface area (Å²) in [6.07, 6.45) is 0.819. The highest BCUT2D eigenvalue weighted by atomic mass is 32.2. The van der Waals surface area contributed by atoms with Gasteiger partial charge in [-0.3, -0.25) is 4.79 Å². The summed E-state index contributed by atoms with van der Waals surface area (Å²) in [6, 6.07) is 1.93. The highest BCUT2D eigenvalue weighted by molar-refractivity contribution is 7.92. The predicted octanol–water partition coefficient (Wildman–Crippen LogP) is 0.742. The summed E-state index contributed by atoms with van der Waals surface area (Å²) in [4.78, 5) is 11.9. The maximum Gasteiger partial charge on any atom is 0.225 e. The zero-order valence-corrected chi connectivity index (χ0v) is 15.0. The first kappa shape index (κ1) is 19.7. The molecule has 0 radical (unpaired) electrons. The van der Waals surface area contributed by atoms with Crippen molar-refractivity contribution in [1.82, 2.24) is 4.31 Å². The molecule has 2 rings (SSSR count). The van der Waals surface area contributed by atoms with Crippen molar-refractivity contribution in [2.75, 3.05) is 29.6 Å². The lowest BCUT2D eigenvalue weighted by atomic mass is 10.2. The van der Waals surface area contributed by atoms with Crippen LogP contribution in [0.4, 0.5) is 14.5 Å². The molecule has 0 aromatic heterocycles. The molecule has 1 aliphatic heterocycles. The molecule has 1 fully saturated rings. The van der Waals surface area contributed by atoms with E-state index in [0.29, 0.717) is 6.07 Å². The highest BCUT2D eigenvalue weighted by Gasteiger charge is 2.36. The number of benzene rings is 1. The van der Waals surface area contributed by atoms with Gasteiger partial charge in [0.25, 0.3) is 0 Å². The van der Waals surface area contributed by atoms with E-state index in [1.807, 2.05) is 0 Å². The molecule has 140 valence electrons. The smallest absolute Gasteiger partial charge is 0.225 e. The quantitative estimate of drug-likeness (QED) is 0.765.